The molecular formula is C42H26O. The number of rotatable bonds is 3. The van der Waals surface area contributed by atoms with Gasteiger partial charge in [0.1, 0.15) is 11.2 Å². The lowest BCUT2D eigenvalue weighted by atomic mass is 9.84. The summed E-state index contributed by atoms with van der Waals surface area (Å²) < 4.78 is 84.7. The maximum atomic E-state index is 9.26. The first-order chi connectivity index (χ1) is 25.1. The lowest BCUT2D eigenvalue weighted by Crippen LogP contribution is -1.92. The first kappa shape index (κ1) is 16.7. The second kappa shape index (κ2) is 9.44. The van der Waals surface area contributed by atoms with E-state index in [1.165, 1.54) is 0 Å². The molecule has 200 valence electrons. The number of furan rings is 1. The average molecular weight is 556 g/mol. The van der Waals surface area contributed by atoms with Gasteiger partial charge in [-0.25, -0.2) is 0 Å². The zero-order valence-corrected chi connectivity index (χ0v) is 22.7. The Balaban J connectivity index is 1.40. The Morgan fingerprint density at radius 1 is 0.395 bits per heavy atom. The van der Waals surface area contributed by atoms with E-state index in [2.05, 4.69) is 36.4 Å². The molecule has 0 aliphatic carbocycles. The van der Waals surface area contributed by atoms with E-state index in [0.29, 0.717) is 16.3 Å². The van der Waals surface area contributed by atoms with Crippen molar-refractivity contribution >= 4 is 54.3 Å². The van der Waals surface area contributed by atoms with Gasteiger partial charge in [0, 0.05) is 10.8 Å². The van der Waals surface area contributed by atoms with E-state index in [1.54, 1.807) is 0 Å². The molecule has 0 amide bonds. The minimum absolute atomic E-state index is 0.0586. The third-order valence-electron chi connectivity index (χ3n) is 8.25. The predicted octanol–water partition coefficient (Wildman–Crippen LogP) is 12.0. The van der Waals surface area contributed by atoms with E-state index < -0.39 is 48.3 Å². The van der Waals surface area contributed by atoms with Crippen molar-refractivity contribution in [3.63, 3.8) is 0 Å². The van der Waals surface area contributed by atoms with Gasteiger partial charge in [-0.05, 0) is 90.0 Å². The predicted molar refractivity (Wildman–Crippen MR) is 183 cm³/mol. The third-order valence-corrected chi connectivity index (χ3v) is 8.25. The Morgan fingerprint density at radius 3 is 1.65 bits per heavy atom. The number of benzene rings is 8. The minimum Gasteiger partial charge on any atom is -0.456 e. The molecule has 0 unspecified atom stereocenters. The monoisotopic (exact) mass is 555 g/mol. The molecule has 0 aliphatic heterocycles. The van der Waals surface area contributed by atoms with Gasteiger partial charge in [0.25, 0.3) is 0 Å². The maximum Gasteiger partial charge on any atom is 0.136 e. The summed E-state index contributed by atoms with van der Waals surface area (Å²) >= 11 is 0. The molecule has 0 spiro atoms. The first-order valence-electron chi connectivity index (χ1n) is 18.5. The van der Waals surface area contributed by atoms with Gasteiger partial charge in [0.05, 0.1) is 12.3 Å². The second-order valence-corrected chi connectivity index (χ2v) is 10.6. The largest absolute Gasteiger partial charge is 0.456 e. The molecule has 0 saturated heterocycles. The topological polar surface area (TPSA) is 13.1 Å². The van der Waals surface area contributed by atoms with Crippen LogP contribution in [-0.4, -0.2) is 0 Å². The summed E-state index contributed by atoms with van der Waals surface area (Å²) in [6.45, 7) is 0. The lowest BCUT2D eigenvalue weighted by molar-refractivity contribution is 0.669. The molecule has 9 rings (SSSR count). The molecule has 0 fully saturated rings. The molecule has 1 nitrogen and oxygen atoms in total. The number of hydrogen-bond acceptors (Lipinski definition) is 1. The van der Waals surface area contributed by atoms with Crippen LogP contribution < -0.4 is 0 Å². The summed E-state index contributed by atoms with van der Waals surface area (Å²) in [5.74, 6) is 0. The molecule has 1 heteroatoms. The molecule has 1 aromatic heterocycles. The van der Waals surface area contributed by atoms with E-state index >= 15 is 0 Å². The van der Waals surface area contributed by atoms with Crippen LogP contribution in [0.25, 0.3) is 87.6 Å². The third kappa shape index (κ3) is 3.72. The van der Waals surface area contributed by atoms with Gasteiger partial charge in [-0.15, -0.1) is 0 Å². The number of hydrogen-bond donors (Lipinski definition) is 0. The molecule has 43 heavy (non-hydrogen) atoms. The van der Waals surface area contributed by atoms with Gasteiger partial charge >= 0.3 is 0 Å². The summed E-state index contributed by atoms with van der Waals surface area (Å²) in [5.41, 5.74) is 3.39. The smallest absolute Gasteiger partial charge is 0.136 e. The highest BCUT2D eigenvalue weighted by atomic mass is 16.3. The van der Waals surface area contributed by atoms with Gasteiger partial charge in [-0.3, -0.25) is 0 Å². The van der Waals surface area contributed by atoms with Crippen molar-refractivity contribution in [1.82, 2.24) is 0 Å². The maximum absolute atomic E-state index is 9.26. The molecule has 8 aromatic carbocycles. The van der Waals surface area contributed by atoms with Crippen LogP contribution in [0.2, 0.25) is 0 Å². The van der Waals surface area contributed by atoms with Gasteiger partial charge in [0.15, 0.2) is 0 Å². The highest BCUT2D eigenvalue weighted by molar-refractivity contribution is 6.23. The van der Waals surface area contributed by atoms with Crippen molar-refractivity contribution in [2.45, 2.75) is 0 Å². The summed E-state index contributed by atoms with van der Waals surface area (Å²) in [4.78, 5) is 0. The van der Waals surface area contributed by atoms with Gasteiger partial charge < -0.3 is 4.42 Å². The van der Waals surface area contributed by atoms with Crippen LogP contribution >= 0.6 is 0 Å². The van der Waals surface area contributed by atoms with Crippen molar-refractivity contribution in [3.05, 3.63) is 158 Å². The van der Waals surface area contributed by atoms with E-state index in [0.717, 1.165) is 54.6 Å². The molecule has 0 atom stereocenters. The summed E-state index contributed by atoms with van der Waals surface area (Å²) in [6, 6.07) is 29.0. The Labute approximate surface area is 261 Å². The highest BCUT2D eigenvalue weighted by Gasteiger charge is 2.19. The van der Waals surface area contributed by atoms with Crippen LogP contribution in [-0.2, 0) is 0 Å². The van der Waals surface area contributed by atoms with Gasteiger partial charge in [0.2, 0.25) is 0 Å². The molecule has 9 aromatic rings. The summed E-state index contributed by atoms with van der Waals surface area (Å²) in [6.07, 6.45) is 0. The van der Waals surface area contributed by atoms with Crippen molar-refractivity contribution in [3.8, 4) is 33.4 Å². The van der Waals surface area contributed by atoms with Crippen molar-refractivity contribution in [1.29, 1.82) is 0 Å². The van der Waals surface area contributed by atoms with Crippen LogP contribution in [0.5, 0.6) is 0 Å². The van der Waals surface area contributed by atoms with Crippen molar-refractivity contribution in [2.75, 3.05) is 0 Å². The highest BCUT2D eigenvalue weighted by Crippen LogP contribution is 2.46. The van der Waals surface area contributed by atoms with Crippen LogP contribution in [0.3, 0.4) is 0 Å². The Morgan fingerprint density at radius 2 is 0.953 bits per heavy atom. The Hall–Kier alpha value is -5.66. The average Bonchev–Trinajstić information content (AvgIpc) is 3.52. The SMILES string of the molecule is [2H]c1c([2H])c([2H])c(-c2c([2H])c([2H])c([2H])c([2H])c2-c2c3ccccc3c(-c3ccc4c(c3)oc3cc5ccccc5cc34)c3ccccc23)c([2H])c1[2H]. The van der Waals surface area contributed by atoms with E-state index in [9.17, 15) is 1.37 Å². The van der Waals surface area contributed by atoms with Gasteiger partial charge in [-0.2, -0.15) is 0 Å². The Bertz CT molecular complexity index is 2930. The zero-order valence-electron chi connectivity index (χ0n) is 31.7. The standard InChI is InChI=1S/C42H26O/c1-2-12-27(13-3-1)31-16-6-7-17-33(31)42-36-20-10-8-18-34(36)41(35-19-9-11-21-37(35)42)30-22-23-32-38-24-28-14-4-5-15-29(28)25-40(38)43-39(32)26-30/h1-26H/i1D,2D,3D,6D,7D,12D,13D,16D,17D. The summed E-state index contributed by atoms with van der Waals surface area (Å²) in [7, 11) is 0. The molecule has 1 heterocycles. The minimum atomic E-state index is -0.589. The van der Waals surface area contributed by atoms with E-state index in [4.69, 9.17) is 15.4 Å². The molecule has 0 radical (unpaired) electrons. The fraction of sp³-hybridized carbons (Fsp3) is 0. The quantitative estimate of drug-likeness (QED) is 0.198. The molecule has 0 N–H and O–H groups in total. The second-order valence-electron chi connectivity index (χ2n) is 10.6. The van der Waals surface area contributed by atoms with Crippen LogP contribution in [0, 0.1) is 0 Å². The molecule has 0 aliphatic rings. The first-order valence-corrected chi connectivity index (χ1v) is 14.0. The lowest BCUT2D eigenvalue weighted by Gasteiger charge is -2.19. The van der Waals surface area contributed by atoms with E-state index in [-0.39, 0.29) is 22.7 Å². The molecule has 0 saturated carbocycles. The van der Waals surface area contributed by atoms with Crippen LogP contribution in [0.4, 0.5) is 0 Å². The zero-order chi connectivity index (χ0) is 36.2. The molecular weight excluding hydrogens is 520 g/mol. The normalized spacial score (nSPS) is 14.7. The summed E-state index contributed by atoms with van der Waals surface area (Å²) in [5, 5.41) is 7.16. The van der Waals surface area contributed by atoms with Crippen LogP contribution in [0.15, 0.2) is 162 Å². The van der Waals surface area contributed by atoms with Gasteiger partial charge in [-0.1, -0.05) is 133 Å². The van der Waals surface area contributed by atoms with E-state index in [1.807, 2.05) is 66.7 Å². The number of fused-ring (bicyclic) bond motifs is 6. The van der Waals surface area contributed by atoms with Crippen molar-refractivity contribution < 1.29 is 16.8 Å². The Kier molecular flexibility index (Phi) is 3.67. The van der Waals surface area contributed by atoms with Crippen molar-refractivity contribution in [2.24, 2.45) is 0 Å². The fourth-order valence-corrected chi connectivity index (χ4v) is 6.39. The fourth-order valence-electron chi connectivity index (χ4n) is 6.39. The molecule has 0 bridgehead atoms. The van der Waals surface area contributed by atoms with Crippen LogP contribution in [0.1, 0.15) is 12.3 Å².